The van der Waals surface area contributed by atoms with Gasteiger partial charge in [0.1, 0.15) is 5.60 Å². The molecule has 2 atom stereocenters. The summed E-state index contributed by atoms with van der Waals surface area (Å²) in [5, 5.41) is 2.17. The van der Waals surface area contributed by atoms with Crippen molar-refractivity contribution in [3.63, 3.8) is 0 Å². The zero-order valence-corrected chi connectivity index (χ0v) is 15.1. The highest BCUT2D eigenvalue weighted by molar-refractivity contribution is 8.01. The molecule has 0 unspecified atom stereocenters. The lowest BCUT2D eigenvalue weighted by atomic mass is 9.90. The minimum absolute atomic E-state index is 0.0646. The van der Waals surface area contributed by atoms with Crippen molar-refractivity contribution in [1.82, 2.24) is 0 Å². The maximum absolute atomic E-state index is 11.3. The van der Waals surface area contributed by atoms with Crippen molar-refractivity contribution in [3.05, 3.63) is 46.8 Å². The van der Waals surface area contributed by atoms with Gasteiger partial charge in [0, 0.05) is 24.0 Å². The summed E-state index contributed by atoms with van der Waals surface area (Å²) in [5.41, 5.74) is 1.61. The maximum atomic E-state index is 11.3. The summed E-state index contributed by atoms with van der Waals surface area (Å²) in [5.74, 6) is 0.0946. The fraction of sp³-hybridized carbons (Fsp3) is 0.389. The van der Waals surface area contributed by atoms with Crippen molar-refractivity contribution < 1.29 is 14.3 Å². The molecule has 2 heterocycles. The molecule has 0 amide bonds. The third kappa shape index (κ3) is 3.24. The fourth-order valence-corrected chi connectivity index (χ4v) is 4.98. The van der Waals surface area contributed by atoms with E-state index in [1.165, 1.54) is 9.77 Å². The first-order valence-electron chi connectivity index (χ1n) is 7.60. The van der Waals surface area contributed by atoms with Crippen LogP contribution in [0.25, 0.3) is 0 Å². The quantitative estimate of drug-likeness (QED) is 0.730. The van der Waals surface area contributed by atoms with E-state index in [2.05, 4.69) is 18.4 Å². The van der Waals surface area contributed by atoms with E-state index in [1.807, 2.05) is 24.3 Å². The molecule has 0 aliphatic carbocycles. The minimum Gasteiger partial charge on any atom is -0.375 e. The van der Waals surface area contributed by atoms with Gasteiger partial charge in [-0.05, 0) is 43.0 Å². The first-order valence-corrected chi connectivity index (χ1v) is 9.29. The highest BCUT2D eigenvalue weighted by Crippen LogP contribution is 2.43. The SMILES string of the molecule is CO[C@]1(c2csc(Sc3ccc(C(C)=O)cc3)c2)CCO[C@@H]1C. The molecule has 1 aromatic carbocycles. The Morgan fingerprint density at radius 3 is 2.70 bits per heavy atom. The van der Waals surface area contributed by atoms with Crippen LogP contribution in [-0.2, 0) is 15.1 Å². The van der Waals surface area contributed by atoms with Crippen molar-refractivity contribution in [2.45, 2.75) is 41.1 Å². The number of thiophene rings is 1. The van der Waals surface area contributed by atoms with Gasteiger partial charge in [-0.25, -0.2) is 0 Å². The van der Waals surface area contributed by atoms with Crippen LogP contribution in [-0.4, -0.2) is 25.6 Å². The van der Waals surface area contributed by atoms with Gasteiger partial charge >= 0.3 is 0 Å². The third-order valence-corrected chi connectivity index (χ3v) is 6.49. The lowest BCUT2D eigenvalue weighted by Gasteiger charge is -2.30. The highest BCUT2D eigenvalue weighted by Gasteiger charge is 2.44. The van der Waals surface area contributed by atoms with Gasteiger partial charge in [0.25, 0.3) is 0 Å². The molecule has 1 saturated heterocycles. The van der Waals surface area contributed by atoms with Gasteiger partial charge in [-0.3, -0.25) is 4.79 Å². The van der Waals surface area contributed by atoms with Gasteiger partial charge in [0.2, 0.25) is 0 Å². The van der Waals surface area contributed by atoms with Gasteiger partial charge < -0.3 is 9.47 Å². The predicted octanol–water partition coefficient (Wildman–Crippen LogP) is 4.75. The van der Waals surface area contributed by atoms with Crippen LogP contribution in [0.15, 0.2) is 44.8 Å². The number of carbonyl (C=O) groups is 1. The average Bonchev–Trinajstić information content (AvgIpc) is 3.15. The molecule has 23 heavy (non-hydrogen) atoms. The van der Waals surface area contributed by atoms with Gasteiger partial charge in [-0.2, -0.15) is 0 Å². The van der Waals surface area contributed by atoms with Gasteiger partial charge in [-0.1, -0.05) is 23.9 Å². The van der Waals surface area contributed by atoms with Crippen LogP contribution < -0.4 is 0 Å². The van der Waals surface area contributed by atoms with Crippen molar-refractivity contribution >= 4 is 28.9 Å². The standard InChI is InChI=1S/C18H20O3S2/c1-12(19)14-4-6-16(7-5-14)23-17-10-15(11-22-17)18(20-3)8-9-21-13(18)2/h4-7,10-11,13H,8-9H2,1-3H3/t13-,18-/m1/s1. The number of benzene rings is 1. The Labute approximate surface area is 145 Å². The predicted molar refractivity (Wildman–Crippen MR) is 93.6 cm³/mol. The number of carbonyl (C=O) groups excluding carboxylic acids is 1. The summed E-state index contributed by atoms with van der Waals surface area (Å²) in [6, 6.07) is 9.94. The molecule has 0 saturated carbocycles. The molecule has 1 fully saturated rings. The second kappa shape index (κ2) is 6.77. The minimum atomic E-state index is -0.326. The molecule has 0 bridgehead atoms. The lowest BCUT2D eigenvalue weighted by molar-refractivity contribution is -0.0645. The summed E-state index contributed by atoms with van der Waals surface area (Å²) in [6.45, 7) is 4.39. The topological polar surface area (TPSA) is 35.5 Å². The first kappa shape index (κ1) is 16.7. The van der Waals surface area contributed by atoms with Crippen molar-refractivity contribution in [2.24, 2.45) is 0 Å². The lowest BCUT2D eigenvalue weighted by Crippen LogP contribution is -2.35. The Bertz CT molecular complexity index is 693. The zero-order chi connectivity index (χ0) is 16.4. The Balaban J connectivity index is 1.78. The molecular formula is C18H20O3S2. The van der Waals surface area contributed by atoms with E-state index < -0.39 is 0 Å². The fourth-order valence-electron chi connectivity index (χ4n) is 2.96. The number of hydrogen-bond donors (Lipinski definition) is 0. The molecule has 2 aromatic rings. The van der Waals surface area contributed by atoms with Crippen LogP contribution in [0.5, 0.6) is 0 Å². The maximum Gasteiger partial charge on any atom is 0.159 e. The van der Waals surface area contributed by atoms with Gasteiger partial charge in [0.05, 0.1) is 16.9 Å². The molecule has 3 nitrogen and oxygen atoms in total. The first-order chi connectivity index (χ1) is 11.0. The smallest absolute Gasteiger partial charge is 0.159 e. The summed E-state index contributed by atoms with van der Waals surface area (Å²) < 4.78 is 12.8. The molecule has 1 aliphatic rings. The van der Waals surface area contributed by atoms with Crippen LogP contribution in [0.3, 0.4) is 0 Å². The number of rotatable bonds is 5. The Hall–Kier alpha value is -1.14. The van der Waals surface area contributed by atoms with E-state index in [0.717, 1.165) is 23.5 Å². The van der Waals surface area contributed by atoms with Crippen LogP contribution >= 0.6 is 23.1 Å². The molecule has 1 aliphatic heterocycles. The van der Waals surface area contributed by atoms with Crippen molar-refractivity contribution in [2.75, 3.05) is 13.7 Å². The third-order valence-electron chi connectivity index (χ3n) is 4.41. The number of hydrogen-bond acceptors (Lipinski definition) is 5. The van der Waals surface area contributed by atoms with Crippen LogP contribution in [0.2, 0.25) is 0 Å². The summed E-state index contributed by atoms with van der Waals surface area (Å²) in [6.07, 6.45) is 0.952. The Kier molecular flexibility index (Phi) is 4.92. The molecular weight excluding hydrogens is 328 g/mol. The second-order valence-electron chi connectivity index (χ2n) is 5.69. The molecule has 0 radical (unpaired) electrons. The van der Waals surface area contributed by atoms with E-state index >= 15 is 0 Å². The second-order valence-corrected chi connectivity index (χ2v) is 7.98. The molecule has 3 rings (SSSR count). The van der Waals surface area contributed by atoms with Gasteiger partial charge in [-0.15, -0.1) is 11.3 Å². The number of ether oxygens (including phenoxy) is 2. The summed E-state index contributed by atoms with van der Waals surface area (Å²) >= 11 is 3.43. The van der Waals surface area contributed by atoms with E-state index in [4.69, 9.17) is 9.47 Å². The number of Topliss-reactive ketones (excluding diaryl/α,β-unsaturated/α-hetero) is 1. The normalized spacial score (nSPS) is 24.0. The highest BCUT2D eigenvalue weighted by atomic mass is 32.2. The molecule has 0 spiro atoms. The summed E-state index contributed by atoms with van der Waals surface area (Å²) in [7, 11) is 1.76. The molecule has 0 N–H and O–H groups in total. The van der Waals surface area contributed by atoms with Gasteiger partial charge in [0.15, 0.2) is 5.78 Å². The Morgan fingerprint density at radius 2 is 2.13 bits per heavy atom. The van der Waals surface area contributed by atoms with E-state index in [1.54, 1.807) is 37.1 Å². The van der Waals surface area contributed by atoms with E-state index in [0.29, 0.717) is 0 Å². The Morgan fingerprint density at radius 1 is 1.39 bits per heavy atom. The molecule has 122 valence electrons. The summed E-state index contributed by atoms with van der Waals surface area (Å²) in [4.78, 5) is 12.5. The largest absolute Gasteiger partial charge is 0.375 e. The van der Waals surface area contributed by atoms with Crippen LogP contribution in [0.4, 0.5) is 0 Å². The average molecular weight is 348 g/mol. The van der Waals surface area contributed by atoms with Crippen LogP contribution in [0, 0.1) is 0 Å². The molecule has 5 heteroatoms. The van der Waals surface area contributed by atoms with E-state index in [-0.39, 0.29) is 17.5 Å². The van der Waals surface area contributed by atoms with Crippen LogP contribution in [0.1, 0.15) is 36.2 Å². The number of ketones is 1. The van der Waals surface area contributed by atoms with Crippen molar-refractivity contribution in [1.29, 1.82) is 0 Å². The monoisotopic (exact) mass is 348 g/mol. The van der Waals surface area contributed by atoms with Crippen molar-refractivity contribution in [3.8, 4) is 0 Å². The van der Waals surface area contributed by atoms with E-state index in [9.17, 15) is 4.79 Å². The number of methoxy groups -OCH3 is 1. The molecule has 1 aromatic heterocycles. The zero-order valence-electron chi connectivity index (χ0n) is 13.5.